The SMILES string of the molecule is COc1ccc(C[C@H](/C=C/C(C)(C)C)NCCCS(=O)(=O)O)cc1. The van der Waals surface area contributed by atoms with Gasteiger partial charge in [0, 0.05) is 6.04 Å². The lowest BCUT2D eigenvalue weighted by atomic mass is 9.94. The zero-order valence-electron chi connectivity index (χ0n) is 15.0. The van der Waals surface area contributed by atoms with Crippen LogP contribution in [-0.4, -0.2) is 38.4 Å². The Morgan fingerprint density at radius 3 is 2.38 bits per heavy atom. The van der Waals surface area contributed by atoms with E-state index in [0.717, 1.165) is 12.2 Å². The summed E-state index contributed by atoms with van der Waals surface area (Å²) in [4.78, 5) is 0. The minimum absolute atomic E-state index is 0.0777. The Labute approximate surface area is 145 Å². The van der Waals surface area contributed by atoms with E-state index in [9.17, 15) is 8.42 Å². The molecule has 5 nitrogen and oxygen atoms in total. The highest BCUT2D eigenvalue weighted by molar-refractivity contribution is 7.85. The highest BCUT2D eigenvalue weighted by Crippen LogP contribution is 2.17. The number of methoxy groups -OCH3 is 1. The first-order chi connectivity index (χ1) is 11.1. The number of hydrogen-bond acceptors (Lipinski definition) is 4. The fourth-order valence-corrected chi connectivity index (χ4v) is 2.68. The Kier molecular flexibility index (Phi) is 7.93. The van der Waals surface area contributed by atoms with Crippen LogP contribution in [0.1, 0.15) is 32.8 Å². The van der Waals surface area contributed by atoms with Crippen LogP contribution in [0.2, 0.25) is 0 Å². The topological polar surface area (TPSA) is 75.6 Å². The monoisotopic (exact) mass is 355 g/mol. The van der Waals surface area contributed by atoms with Gasteiger partial charge in [0.15, 0.2) is 0 Å². The molecule has 0 radical (unpaired) electrons. The summed E-state index contributed by atoms with van der Waals surface area (Å²) in [7, 11) is -2.26. The van der Waals surface area contributed by atoms with Gasteiger partial charge >= 0.3 is 0 Å². The number of benzene rings is 1. The van der Waals surface area contributed by atoms with E-state index in [4.69, 9.17) is 9.29 Å². The molecule has 0 aromatic heterocycles. The number of ether oxygens (including phenoxy) is 1. The van der Waals surface area contributed by atoms with Gasteiger partial charge in [-0.25, -0.2) is 0 Å². The molecule has 0 amide bonds. The maximum absolute atomic E-state index is 10.8. The molecule has 1 atom stereocenters. The molecule has 6 heteroatoms. The number of allylic oxidation sites excluding steroid dienone is 1. The molecule has 1 rings (SSSR count). The standard InChI is InChI=1S/C18H29NO4S/c1-18(2,3)11-10-16(19-12-5-13-24(20,21)22)14-15-6-8-17(23-4)9-7-15/h6-11,16,19H,5,12-14H2,1-4H3,(H,20,21,22)/b11-10+/t16-/m0/s1. The Hall–Kier alpha value is -1.37. The number of hydrogen-bond donors (Lipinski definition) is 2. The van der Waals surface area contributed by atoms with Crippen molar-refractivity contribution in [1.82, 2.24) is 5.32 Å². The van der Waals surface area contributed by atoms with Crippen molar-refractivity contribution in [2.45, 2.75) is 39.7 Å². The van der Waals surface area contributed by atoms with Crippen LogP contribution in [0.25, 0.3) is 0 Å². The van der Waals surface area contributed by atoms with Gasteiger partial charge in [0.1, 0.15) is 5.75 Å². The van der Waals surface area contributed by atoms with Gasteiger partial charge < -0.3 is 10.1 Å². The number of nitrogens with one attached hydrogen (secondary N) is 1. The van der Waals surface area contributed by atoms with Crippen LogP contribution < -0.4 is 10.1 Å². The van der Waals surface area contributed by atoms with Crippen molar-refractivity contribution in [1.29, 1.82) is 0 Å². The molecule has 0 spiro atoms. The zero-order chi connectivity index (χ0) is 18.2. The molecule has 0 saturated heterocycles. The van der Waals surface area contributed by atoms with Crippen molar-refractivity contribution in [3.8, 4) is 5.75 Å². The second kappa shape index (κ2) is 9.20. The summed E-state index contributed by atoms with van der Waals surface area (Å²) < 4.78 is 35.5. The summed E-state index contributed by atoms with van der Waals surface area (Å²) >= 11 is 0. The van der Waals surface area contributed by atoms with E-state index in [2.05, 4.69) is 38.2 Å². The quantitative estimate of drug-likeness (QED) is 0.404. The second-order valence-electron chi connectivity index (χ2n) is 6.98. The lowest BCUT2D eigenvalue weighted by Gasteiger charge is -2.18. The summed E-state index contributed by atoms with van der Waals surface area (Å²) in [6, 6.07) is 8.00. The molecule has 2 N–H and O–H groups in total. The van der Waals surface area contributed by atoms with E-state index >= 15 is 0 Å². The van der Waals surface area contributed by atoms with Crippen molar-refractivity contribution in [3.63, 3.8) is 0 Å². The average Bonchev–Trinajstić information content (AvgIpc) is 2.47. The fourth-order valence-electron chi connectivity index (χ4n) is 2.17. The molecule has 1 aromatic carbocycles. The third-order valence-corrected chi connectivity index (χ3v) is 4.23. The fraction of sp³-hybridized carbons (Fsp3) is 0.556. The van der Waals surface area contributed by atoms with Gasteiger partial charge in [0.2, 0.25) is 0 Å². The molecule has 0 aliphatic rings. The molecule has 0 fully saturated rings. The van der Waals surface area contributed by atoms with Crippen molar-refractivity contribution in [2.24, 2.45) is 5.41 Å². The molecule has 1 aromatic rings. The van der Waals surface area contributed by atoms with Crippen molar-refractivity contribution >= 4 is 10.1 Å². The van der Waals surface area contributed by atoms with Gasteiger partial charge in [-0.05, 0) is 42.5 Å². The predicted octanol–water partition coefficient (Wildman–Crippen LogP) is 3.08. The van der Waals surface area contributed by atoms with Crippen LogP contribution >= 0.6 is 0 Å². The van der Waals surface area contributed by atoms with Crippen LogP contribution in [0.4, 0.5) is 0 Å². The highest BCUT2D eigenvalue weighted by atomic mass is 32.2. The summed E-state index contributed by atoms with van der Waals surface area (Å²) in [6.07, 6.45) is 5.44. The van der Waals surface area contributed by atoms with Gasteiger partial charge in [-0.3, -0.25) is 4.55 Å². The second-order valence-corrected chi connectivity index (χ2v) is 8.55. The first kappa shape index (κ1) is 20.7. The Bertz CT molecular complexity index is 615. The zero-order valence-corrected chi connectivity index (χ0v) is 15.8. The first-order valence-corrected chi connectivity index (χ1v) is 9.71. The summed E-state index contributed by atoms with van der Waals surface area (Å²) in [5.74, 6) is 0.597. The van der Waals surface area contributed by atoms with Crippen LogP contribution in [0, 0.1) is 5.41 Å². The number of rotatable bonds is 9. The lowest BCUT2D eigenvalue weighted by Crippen LogP contribution is -2.31. The molecule has 136 valence electrons. The molecule has 0 heterocycles. The van der Waals surface area contributed by atoms with Crippen LogP contribution in [0.3, 0.4) is 0 Å². The molecule has 0 aliphatic heterocycles. The van der Waals surface area contributed by atoms with E-state index in [0.29, 0.717) is 13.0 Å². The molecule has 0 unspecified atom stereocenters. The third kappa shape index (κ3) is 9.70. The van der Waals surface area contributed by atoms with Crippen molar-refractivity contribution in [3.05, 3.63) is 42.0 Å². The highest BCUT2D eigenvalue weighted by Gasteiger charge is 2.10. The van der Waals surface area contributed by atoms with Crippen LogP contribution in [0.5, 0.6) is 5.75 Å². The molecule has 0 bridgehead atoms. The van der Waals surface area contributed by atoms with E-state index in [1.54, 1.807) is 7.11 Å². The maximum Gasteiger partial charge on any atom is 0.264 e. The third-order valence-electron chi connectivity index (χ3n) is 3.43. The van der Waals surface area contributed by atoms with E-state index in [1.165, 1.54) is 5.56 Å². The average molecular weight is 356 g/mol. The van der Waals surface area contributed by atoms with Gasteiger partial charge in [0.05, 0.1) is 12.9 Å². The summed E-state index contributed by atoms with van der Waals surface area (Å²) in [5, 5.41) is 3.35. The Morgan fingerprint density at radius 2 is 1.88 bits per heavy atom. The minimum Gasteiger partial charge on any atom is -0.497 e. The molecular weight excluding hydrogens is 326 g/mol. The summed E-state index contributed by atoms with van der Waals surface area (Å²) in [5.41, 5.74) is 1.25. The van der Waals surface area contributed by atoms with Crippen LogP contribution in [0.15, 0.2) is 36.4 Å². The van der Waals surface area contributed by atoms with Crippen molar-refractivity contribution < 1.29 is 17.7 Å². The summed E-state index contributed by atoms with van der Waals surface area (Å²) in [6.45, 7) is 6.92. The van der Waals surface area contributed by atoms with E-state index < -0.39 is 10.1 Å². The molecule has 24 heavy (non-hydrogen) atoms. The first-order valence-electron chi connectivity index (χ1n) is 8.10. The molecular formula is C18H29NO4S. The van der Waals surface area contributed by atoms with Gasteiger partial charge in [0.25, 0.3) is 10.1 Å². The van der Waals surface area contributed by atoms with Crippen LogP contribution in [-0.2, 0) is 16.5 Å². The lowest BCUT2D eigenvalue weighted by molar-refractivity contribution is 0.414. The normalized spacial score (nSPS) is 14.0. The predicted molar refractivity (Wildman–Crippen MR) is 98.1 cm³/mol. The minimum atomic E-state index is -3.90. The van der Waals surface area contributed by atoms with Gasteiger partial charge in [-0.15, -0.1) is 0 Å². The van der Waals surface area contributed by atoms with E-state index in [1.807, 2.05) is 24.3 Å². The Morgan fingerprint density at radius 1 is 1.25 bits per heavy atom. The van der Waals surface area contributed by atoms with Gasteiger partial charge in [-0.2, -0.15) is 8.42 Å². The Balaban J connectivity index is 2.67. The van der Waals surface area contributed by atoms with Gasteiger partial charge in [-0.1, -0.05) is 45.1 Å². The van der Waals surface area contributed by atoms with E-state index in [-0.39, 0.29) is 17.2 Å². The maximum atomic E-state index is 10.8. The smallest absolute Gasteiger partial charge is 0.264 e. The molecule has 0 aliphatic carbocycles. The van der Waals surface area contributed by atoms with Crippen molar-refractivity contribution in [2.75, 3.05) is 19.4 Å². The largest absolute Gasteiger partial charge is 0.497 e. The molecule has 0 saturated carbocycles.